The van der Waals surface area contributed by atoms with Gasteiger partial charge in [0.05, 0.1) is 18.4 Å². The van der Waals surface area contributed by atoms with E-state index < -0.39 is 11.7 Å². The van der Waals surface area contributed by atoms with Gasteiger partial charge >= 0.3 is 6.09 Å². The lowest BCUT2D eigenvalue weighted by Gasteiger charge is -2.35. The molecule has 0 bridgehead atoms. The first-order chi connectivity index (χ1) is 8.25. The molecule has 2 heterocycles. The predicted octanol–water partition coefficient (Wildman–Crippen LogP) is 1.45. The van der Waals surface area contributed by atoms with E-state index in [-0.39, 0.29) is 0 Å². The minimum absolute atomic E-state index is 0.394. The quantitative estimate of drug-likeness (QED) is 0.772. The Balaban J connectivity index is 2.19. The van der Waals surface area contributed by atoms with E-state index in [4.69, 9.17) is 9.47 Å². The van der Waals surface area contributed by atoms with Crippen molar-refractivity contribution in [1.82, 2.24) is 5.32 Å². The Bertz CT molecular complexity index is 467. The maximum atomic E-state index is 11.6. The number of carbonyl (C=O) groups excluding carboxylic acids is 1. The summed E-state index contributed by atoms with van der Waals surface area (Å²) in [5, 5.41) is 5.95. The van der Waals surface area contributed by atoms with Crippen LogP contribution in [0.3, 0.4) is 0 Å². The van der Waals surface area contributed by atoms with Crippen LogP contribution in [0.2, 0.25) is 0 Å². The molecule has 90 valence electrons. The van der Waals surface area contributed by atoms with E-state index in [2.05, 4.69) is 10.6 Å². The Morgan fingerprint density at radius 3 is 3.06 bits per heavy atom. The first-order valence-electron chi connectivity index (χ1n) is 5.63. The summed E-state index contributed by atoms with van der Waals surface area (Å²) in [6.07, 6.45) is 0.378. The van der Waals surface area contributed by atoms with Crippen molar-refractivity contribution in [2.45, 2.75) is 12.0 Å². The summed E-state index contributed by atoms with van der Waals surface area (Å²) < 4.78 is 10.9. The van der Waals surface area contributed by atoms with Crippen LogP contribution in [0, 0.1) is 0 Å². The minimum Gasteiger partial charge on any atom is -0.496 e. The third kappa shape index (κ3) is 1.46. The molecule has 2 N–H and O–H groups in total. The monoisotopic (exact) mass is 234 g/mol. The summed E-state index contributed by atoms with van der Waals surface area (Å²) in [4.78, 5) is 11.6. The smallest absolute Gasteiger partial charge is 0.412 e. The number of carbonyl (C=O) groups is 1. The predicted molar refractivity (Wildman–Crippen MR) is 62.3 cm³/mol. The number of anilines is 1. The Labute approximate surface area is 99.1 Å². The highest BCUT2D eigenvalue weighted by atomic mass is 16.6. The maximum absolute atomic E-state index is 11.6. The van der Waals surface area contributed by atoms with E-state index in [0.29, 0.717) is 6.54 Å². The average molecular weight is 234 g/mol. The van der Waals surface area contributed by atoms with Crippen LogP contribution in [0.25, 0.3) is 0 Å². The largest absolute Gasteiger partial charge is 0.496 e. The van der Waals surface area contributed by atoms with Crippen LogP contribution in [0.5, 0.6) is 5.75 Å². The number of fused-ring (bicyclic) bond motifs is 2. The van der Waals surface area contributed by atoms with E-state index in [1.165, 1.54) is 0 Å². The molecular weight excluding hydrogens is 220 g/mol. The van der Waals surface area contributed by atoms with E-state index in [1.54, 1.807) is 7.11 Å². The van der Waals surface area contributed by atoms with Gasteiger partial charge in [-0.15, -0.1) is 0 Å². The first kappa shape index (κ1) is 10.4. The van der Waals surface area contributed by atoms with Gasteiger partial charge < -0.3 is 14.8 Å². The van der Waals surface area contributed by atoms with Gasteiger partial charge in [-0.05, 0) is 18.7 Å². The van der Waals surface area contributed by atoms with Crippen LogP contribution in [-0.4, -0.2) is 26.3 Å². The zero-order chi connectivity index (χ0) is 11.9. The molecule has 1 aromatic carbocycles. The molecule has 0 radical (unpaired) electrons. The fourth-order valence-electron chi connectivity index (χ4n) is 2.61. The number of amides is 1. The van der Waals surface area contributed by atoms with Crippen molar-refractivity contribution in [3.63, 3.8) is 0 Å². The number of nitrogens with one attached hydrogen (secondary N) is 2. The number of methoxy groups -OCH3 is 1. The minimum atomic E-state index is -0.579. The second kappa shape index (κ2) is 3.63. The van der Waals surface area contributed by atoms with E-state index in [9.17, 15) is 4.79 Å². The van der Waals surface area contributed by atoms with Gasteiger partial charge in [0, 0.05) is 13.0 Å². The lowest BCUT2D eigenvalue weighted by atomic mass is 9.89. The van der Waals surface area contributed by atoms with Crippen molar-refractivity contribution in [2.24, 2.45) is 0 Å². The van der Waals surface area contributed by atoms with Crippen LogP contribution in [0.1, 0.15) is 12.0 Å². The van der Waals surface area contributed by atoms with Crippen molar-refractivity contribution in [3.8, 4) is 5.75 Å². The summed E-state index contributed by atoms with van der Waals surface area (Å²) in [6.45, 7) is 1.47. The van der Waals surface area contributed by atoms with Gasteiger partial charge in [-0.25, -0.2) is 4.79 Å². The van der Waals surface area contributed by atoms with Gasteiger partial charge in [-0.2, -0.15) is 0 Å². The summed E-state index contributed by atoms with van der Waals surface area (Å²) >= 11 is 0. The molecule has 1 saturated heterocycles. The van der Waals surface area contributed by atoms with Crippen LogP contribution < -0.4 is 15.4 Å². The van der Waals surface area contributed by atoms with Crippen molar-refractivity contribution < 1.29 is 14.3 Å². The molecule has 1 spiro atoms. The molecule has 1 fully saturated rings. The average Bonchev–Trinajstić information content (AvgIpc) is 2.76. The molecule has 0 aliphatic carbocycles. The number of hydrogen-bond donors (Lipinski definition) is 2. The van der Waals surface area contributed by atoms with Gasteiger partial charge in [0.25, 0.3) is 0 Å². The molecule has 1 amide bonds. The number of rotatable bonds is 1. The molecule has 2 aliphatic rings. The van der Waals surface area contributed by atoms with E-state index >= 15 is 0 Å². The highest BCUT2D eigenvalue weighted by molar-refractivity contribution is 5.89. The molecule has 5 heteroatoms. The second-order valence-electron chi connectivity index (χ2n) is 4.32. The molecule has 0 aromatic heterocycles. The Morgan fingerprint density at radius 2 is 2.35 bits per heavy atom. The van der Waals surface area contributed by atoms with Gasteiger partial charge in [-0.3, -0.25) is 5.32 Å². The highest BCUT2D eigenvalue weighted by Crippen LogP contribution is 2.45. The van der Waals surface area contributed by atoms with Gasteiger partial charge in [0.1, 0.15) is 5.75 Å². The topological polar surface area (TPSA) is 59.6 Å². The molecule has 1 aromatic rings. The molecule has 17 heavy (non-hydrogen) atoms. The van der Waals surface area contributed by atoms with Gasteiger partial charge in [0.2, 0.25) is 0 Å². The summed E-state index contributed by atoms with van der Waals surface area (Å²) in [7, 11) is 1.63. The third-order valence-electron chi connectivity index (χ3n) is 3.34. The van der Waals surface area contributed by atoms with Crippen LogP contribution in [0.4, 0.5) is 10.5 Å². The van der Waals surface area contributed by atoms with E-state index in [0.717, 1.165) is 30.0 Å². The zero-order valence-electron chi connectivity index (χ0n) is 9.58. The fourth-order valence-corrected chi connectivity index (χ4v) is 2.61. The van der Waals surface area contributed by atoms with E-state index in [1.807, 2.05) is 18.2 Å². The second-order valence-corrected chi connectivity index (χ2v) is 4.32. The lowest BCUT2D eigenvalue weighted by Crippen LogP contribution is -2.41. The molecule has 1 atom stereocenters. The lowest BCUT2D eigenvalue weighted by molar-refractivity contribution is 0.0259. The SMILES string of the molecule is COc1cccc2c1C1(CCNC1)OC(=O)N2. The number of benzene rings is 1. The van der Waals surface area contributed by atoms with Gasteiger partial charge in [0.15, 0.2) is 5.60 Å². The Kier molecular flexibility index (Phi) is 2.22. The fraction of sp³-hybridized carbons (Fsp3) is 0.417. The standard InChI is InChI=1S/C12H14N2O3/c1-16-9-4-2-3-8-10(9)12(5-6-13-7-12)17-11(15)14-8/h2-4,13H,5-7H2,1H3,(H,14,15). The maximum Gasteiger partial charge on any atom is 0.412 e. The van der Waals surface area contributed by atoms with Crippen LogP contribution in [0.15, 0.2) is 18.2 Å². The van der Waals surface area contributed by atoms with Crippen molar-refractivity contribution in [1.29, 1.82) is 0 Å². The van der Waals surface area contributed by atoms with Crippen molar-refractivity contribution >= 4 is 11.8 Å². The Hall–Kier alpha value is -1.75. The summed E-state index contributed by atoms with van der Waals surface area (Å²) in [6, 6.07) is 5.62. The van der Waals surface area contributed by atoms with Crippen LogP contribution in [-0.2, 0) is 10.3 Å². The Morgan fingerprint density at radius 1 is 1.47 bits per heavy atom. The molecular formula is C12H14N2O3. The number of hydrogen-bond acceptors (Lipinski definition) is 4. The number of ether oxygens (including phenoxy) is 2. The summed E-state index contributed by atoms with van der Waals surface area (Å²) in [5.41, 5.74) is 1.14. The van der Waals surface area contributed by atoms with Crippen LogP contribution >= 0.6 is 0 Å². The van der Waals surface area contributed by atoms with Crippen molar-refractivity contribution in [3.05, 3.63) is 23.8 Å². The molecule has 0 saturated carbocycles. The normalized spacial score (nSPS) is 26.3. The molecule has 3 rings (SSSR count). The molecule has 5 nitrogen and oxygen atoms in total. The zero-order valence-corrected chi connectivity index (χ0v) is 9.58. The third-order valence-corrected chi connectivity index (χ3v) is 3.34. The molecule has 2 aliphatic heterocycles. The highest BCUT2D eigenvalue weighted by Gasteiger charge is 2.46. The molecule has 1 unspecified atom stereocenters. The first-order valence-corrected chi connectivity index (χ1v) is 5.63. The summed E-state index contributed by atoms with van der Waals surface area (Å²) in [5.74, 6) is 0.756. The van der Waals surface area contributed by atoms with Crippen molar-refractivity contribution in [2.75, 3.05) is 25.5 Å². The van der Waals surface area contributed by atoms with Gasteiger partial charge in [-0.1, -0.05) is 6.07 Å².